The summed E-state index contributed by atoms with van der Waals surface area (Å²) in [6, 6.07) is 4.64. The van der Waals surface area contributed by atoms with Gasteiger partial charge in [-0.3, -0.25) is 9.80 Å². The quantitative estimate of drug-likeness (QED) is 0.720. The first-order valence-corrected chi connectivity index (χ1v) is 10.5. The highest BCUT2D eigenvalue weighted by molar-refractivity contribution is 5.88. The molecule has 27 heavy (non-hydrogen) atoms. The van der Waals surface area contributed by atoms with Gasteiger partial charge in [-0.15, -0.1) is 0 Å². The van der Waals surface area contributed by atoms with Crippen molar-refractivity contribution >= 4 is 11.9 Å². The molecule has 1 aromatic heterocycles. The molecule has 0 spiro atoms. The number of amides is 1. The van der Waals surface area contributed by atoms with Crippen molar-refractivity contribution < 1.29 is 9.53 Å². The zero-order chi connectivity index (χ0) is 19.4. The second-order valence-electron chi connectivity index (χ2n) is 9.05. The molecule has 0 aromatic carbocycles. The van der Waals surface area contributed by atoms with Crippen LogP contribution in [0.3, 0.4) is 0 Å². The highest BCUT2D eigenvalue weighted by atomic mass is 16.6. The van der Waals surface area contributed by atoms with Gasteiger partial charge in [0, 0.05) is 23.8 Å². The first-order chi connectivity index (χ1) is 12.9. The molecule has 2 aliphatic rings. The average molecular weight is 374 g/mol. The minimum absolute atomic E-state index is 0.177. The first kappa shape index (κ1) is 20.1. The van der Waals surface area contributed by atoms with Gasteiger partial charge in [-0.05, 0) is 66.1 Å². The fourth-order valence-corrected chi connectivity index (χ4v) is 4.40. The highest BCUT2D eigenvalue weighted by Gasteiger charge is 2.35. The molecule has 2 heterocycles. The van der Waals surface area contributed by atoms with Crippen molar-refractivity contribution in [3.05, 3.63) is 23.9 Å². The highest BCUT2D eigenvalue weighted by Crippen LogP contribution is 2.37. The zero-order valence-corrected chi connectivity index (χ0v) is 17.4. The number of aromatic nitrogens is 1. The van der Waals surface area contributed by atoms with Crippen molar-refractivity contribution in [3.8, 4) is 0 Å². The van der Waals surface area contributed by atoms with Gasteiger partial charge in [0.1, 0.15) is 11.4 Å². The van der Waals surface area contributed by atoms with Gasteiger partial charge in [0.15, 0.2) is 0 Å². The summed E-state index contributed by atoms with van der Waals surface area (Å²) in [6.45, 7) is 6.88. The van der Waals surface area contributed by atoms with E-state index < -0.39 is 5.60 Å². The van der Waals surface area contributed by atoms with Gasteiger partial charge in [-0.1, -0.05) is 31.7 Å². The van der Waals surface area contributed by atoms with E-state index in [1.165, 1.54) is 19.3 Å². The monoisotopic (exact) mass is 373 g/mol. The Bertz CT molecular complexity index is 635. The van der Waals surface area contributed by atoms with E-state index in [0.717, 1.165) is 50.0 Å². The summed E-state index contributed by atoms with van der Waals surface area (Å²) in [7, 11) is 2.18. The van der Waals surface area contributed by atoms with Gasteiger partial charge in [0.2, 0.25) is 0 Å². The average Bonchev–Trinajstić information content (AvgIpc) is 2.62. The van der Waals surface area contributed by atoms with E-state index in [4.69, 9.17) is 9.72 Å². The van der Waals surface area contributed by atoms with Crippen LogP contribution in [0.2, 0.25) is 0 Å². The minimum atomic E-state index is -0.513. The maximum Gasteiger partial charge on any atom is 0.416 e. The summed E-state index contributed by atoms with van der Waals surface area (Å²) >= 11 is 0. The Morgan fingerprint density at radius 1 is 1.15 bits per heavy atom. The molecule has 5 nitrogen and oxygen atoms in total. The summed E-state index contributed by atoms with van der Waals surface area (Å²) < 4.78 is 5.81. The van der Waals surface area contributed by atoms with Crippen molar-refractivity contribution in [2.45, 2.75) is 89.8 Å². The largest absolute Gasteiger partial charge is 0.443 e. The second-order valence-corrected chi connectivity index (χ2v) is 9.05. The normalized spacial score (nSPS) is 22.4. The van der Waals surface area contributed by atoms with Gasteiger partial charge in [-0.25, -0.2) is 9.78 Å². The Hall–Kier alpha value is -1.62. The maximum absolute atomic E-state index is 13.2. The van der Waals surface area contributed by atoms with Crippen LogP contribution in [0.15, 0.2) is 18.3 Å². The van der Waals surface area contributed by atoms with E-state index in [9.17, 15) is 4.79 Å². The third kappa shape index (κ3) is 5.01. The molecule has 5 heteroatoms. The number of hydrogen-bond acceptors (Lipinski definition) is 4. The summed E-state index contributed by atoms with van der Waals surface area (Å²) in [5.74, 6) is 0.803. The lowest BCUT2D eigenvalue weighted by Crippen LogP contribution is -2.46. The minimum Gasteiger partial charge on any atom is -0.443 e. The molecule has 0 bridgehead atoms. The van der Waals surface area contributed by atoms with Crippen LogP contribution in [-0.2, 0) is 4.74 Å². The van der Waals surface area contributed by atoms with Crippen LogP contribution in [0.4, 0.5) is 10.6 Å². The zero-order valence-electron chi connectivity index (χ0n) is 17.4. The smallest absolute Gasteiger partial charge is 0.416 e. The van der Waals surface area contributed by atoms with Crippen molar-refractivity contribution in [2.75, 3.05) is 18.5 Å². The van der Waals surface area contributed by atoms with Crippen LogP contribution >= 0.6 is 0 Å². The lowest BCUT2D eigenvalue weighted by Gasteiger charge is -2.38. The van der Waals surface area contributed by atoms with Crippen molar-refractivity contribution in [1.82, 2.24) is 9.88 Å². The molecule has 1 aliphatic carbocycles. The SMILES string of the molecule is CN1CCCCC1c1cccnc1N(C(=O)OC(C)(C)C)C1CCCCC1. The number of ether oxygens (including phenoxy) is 1. The topological polar surface area (TPSA) is 45.7 Å². The van der Waals surface area contributed by atoms with E-state index in [2.05, 4.69) is 18.0 Å². The van der Waals surface area contributed by atoms with Crippen LogP contribution < -0.4 is 4.90 Å². The molecule has 3 rings (SSSR count). The first-order valence-electron chi connectivity index (χ1n) is 10.5. The lowest BCUT2D eigenvalue weighted by atomic mass is 9.92. The Morgan fingerprint density at radius 2 is 1.85 bits per heavy atom. The molecule has 2 fully saturated rings. The van der Waals surface area contributed by atoms with Gasteiger partial charge in [-0.2, -0.15) is 0 Å². The molecule has 1 aromatic rings. The molecule has 1 amide bonds. The van der Waals surface area contributed by atoms with Gasteiger partial charge >= 0.3 is 6.09 Å². The molecule has 1 saturated carbocycles. The van der Waals surface area contributed by atoms with E-state index in [1.807, 2.05) is 37.9 Å². The summed E-state index contributed by atoms with van der Waals surface area (Å²) in [5.41, 5.74) is 0.650. The number of carbonyl (C=O) groups is 1. The summed E-state index contributed by atoms with van der Waals surface area (Å²) in [4.78, 5) is 22.2. The van der Waals surface area contributed by atoms with Crippen molar-refractivity contribution in [1.29, 1.82) is 0 Å². The number of nitrogens with zero attached hydrogens (tertiary/aromatic N) is 3. The number of likely N-dealkylation sites (tertiary alicyclic amines) is 1. The number of piperidine rings is 1. The lowest BCUT2D eigenvalue weighted by molar-refractivity contribution is 0.0555. The van der Waals surface area contributed by atoms with Gasteiger partial charge < -0.3 is 4.74 Å². The molecule has 150 valence electrons. The molecular formula is C22H35N3O2. The Labute approximate surface area is 164 Å². The van der Waals surface area contributed by atoms with Crippen LogP contribution in [-0.4, -0.2) is 41.2 Å². The van der Waals surface area contributed by atoms with E-state index in [1.54, 1.807) is 0 Å². The van der Waals surface area contributed by atoms with Crippen LogP contribution in [0.1, 0.15) is 83.7 Å². The number of hydrogen-bond donors (Lipinski definition) is 0. The Kier molecular flexibility index (Phi) is 6.40. The Balaban J connectivity index is 1.97. The van der Waals surface area contributed by atoms with Crippen LogP contribution in [0.5, 0.6) is 0 Å². The number of carbonyl (C=O) groups excluding carboxylic acids is 1. The molecule has 1 unspecified atom stereocenters. The van der Waals surface area contributed by atoms with Crippen LogP contribution in [0, 0.1) is 0 Å². The predicted octanol–water partition coefficient (Wildman–Crippen LogP) is 5.31. The molecule has 0 N–H and O–H groups in total. The van der Waals surface area contributed by atoms with E-state index in [-0.39, 0.29) is 12.1 Å². The van der Waals surface area contributed by atoms with Crippen molar-refractivity contribution in [2.24, 2.45) is 0 Å². The van der Waals surface area contributed by atoms with Gasteiger partial charge in [0.25, 0.3) is 0 Å². The molecular weight excluding hydrogens is 338 g/mol. The molecule has 1 saturated heterocycles. The van der Waals surface area contributed by atoms with E-state index >= 15 is 0 Å². The third-order valence-electron chi connectivity index (χ3n) is 5.70. The predicted molar refractivity (Wildman–Crippen MR) is 109 cm³/mol. The number of pyridine rings is 1. The molecule has 0 radical (unpaired) electrons. The molecule has 1 atom stereocenters. The fourth-order valence-electron chi connectivity index (χ4n) is 4.40. The number of rotatable bonds is 3. The molecule has 1 aliphatic heterocycles. The maximum atomic E-state index is 13.2. The standard InChI is InChI=1S/C22H35N3O2/c1-22(2,3)27-21(26)25(17-11-6-5-7-12-17)20-18(13-10-15-23-20)19-14-8-9-16-24(19)4/h10,13,15,17,19H,5-9,11-12,14,16H2,1-4H3. The number of anilines is 1. The summed E-state index contributed by atoms with van der Waals surface area (Å²) in [5, 5.41) is 0. The summed E-state index contributed by atoms with van der Waals surface area (Å²) in [6.07, 6.45) is 10.7. The Morgan fingerprint density at radius 3 is 2.52 bits per heavy atom. The van der Waals surface area contributed by atoms with Crippen LogP contribution in [0.25, 0.3) is 0 Å². The van der Waals surface area contributed by atoms with Crippen molar-refractivity contribution in [3.63, 3.8) is 0 Å². The van der Waals surface area contributed by atoms with Gasteiger partial charge in [0.05, 0.1) is 0 Å². The second kappa shape index (κ2) is 8.59. The van der Waals surface area contributed by atoms with E-state index in [0.29, 0.717) is 6.04 Å². The fraction of sp³-hybridized carbons (Fsp3) is 0.727. The third-order valence-corrected chi connectivity index (χ3v) is 5.70.